The number of aliphatic hydroxyl groups is 1. The summed E-state index contributed by atoms with van der Waals surface area (Å²) in [6.45, 7) is 8.90. The molecule has 3 saturated carbocycles. The van der Waals surface area contributed by atoms with Gasteiger partial charge in [-0.1, -0.05) is 39.3 Å². The first-order chi connectivity index (χ1) is 11.5. The number of fused-ring (bicyclic) bond motifs is 5. The van der Waals surface area contributed by atoms with Crippen LogP contribution < -0.4 is 5.84 Å². The zero-order valence-corrected chi connectivity index (χ0v) is 16.0. The molecule has 3 fully saturated rings. The van der Waals surface area contributed by atoms with Crippen molar-refractivity contribution in [1.29, 1.82) is 0 Å². The van der Waals surface area contributed by atoms with Crippen molar-refractivity contribution in [2.75, 3.05) is 0 Å². The second-order valence-electron chi connectivity index (χ2n) is 8.73. The predicted octanol–water partition coefficient (Wildman–Crippen LogP) is 4.65. The Kier molecular flexibility index (Phi) is 4.85. The van der Waals surface area contributed by atoms with Crippen LogP contribution in [0.5, 0.6) is 0 Å². The van der Waals surface area contributed by atoms with Crippen molar-refractivity contribution < 1.29 is 5.11 Å². The maximum atomic E-state index is 10.0. The summed E-state index contributed by atoms with van der Waals surface area (Å²) in [7, 11) is 0. The topological polar surface area (TPSA) is 58.6 Å². The number of nitrogens with two attached hydrogens (primary N) is 1. The summed E-state index contributed by atoms with van der Waals surface area (Å²) < 4.78 is 0. The SMILES string of the molecule is CC.CC12CCC(O)CC1=CCC1C2CCC2(C)/C(=N/N)CCC12. The van der Waals surface area contributed by atoms with Gasteiger partial charge in [-0.2, -0.15) is 5.10 Å². The fourth-order valence-corrected chi connectivity index (χ4v) is 6.64. The van der Waals surface area contributed by atoms with Crippen molar-refractivity contribution in [3.8, 4) is 0 Å². The number of nitrogens with zero attached hydrogens (tertiary/aromatic N) is 1. The summed E-state index contributed by atoms with van der Waals surface area (Å²) in [6.07, 6.45) is 11.6. The van der Waals surface area contributed by atoms with Crippen molar-refractivity contribution >= 4 is 5.71 Å². The molecule has 6 unspecified atom stereocenters. The zero-order chi connectivity index (χ0) is 17.5. The molecule has 4 aliphatic carbocycles. The lowest BCUT2D eigenvalue weighted by Gasteiger charge is -2.57. The van der Waals surface area contributed by atoms with E-state index in [-0.39, 0.29) is 11.5 Å². The first-order valence-corrected chi connectivity index (χ1v) is 10.1. The molecular formula is C21H36N2O. The van der Waals surface area contributed by atoms with Crippen LogP contribution in [0.2, 0.25) is 0 Å². The molecule has 6 atom stereocenters. The molecule has 3 heteroatoms. The van der Waals surface area contributed by atoms with Crippen molar-refractivity contribution in [2.24, 2.45) is 39.5 Å². The van der Waals surface area contributed by atoms with E-state index in [1.807, 2.05) is 13.8 Å². The van der Waals surface area contributed by atoms with Gasteiger partial charge in [-0.3, -0.25) is 0 Å². The van der Waals surface area contributed by atoms with Crippen molar-refractivity contribution in [2.45, 2.75) is 85.2 Å². The van der Waals surface area contributed by atoms with E-state index < -0.39 is 0 Å². The molecule has 0 aliphatic heterocycles. The molecule has 3 nitrogen and oxygen atoms in total. The summed E-state index contributed by atoms with van der Waals surface area (Å²) in [5.41, 5.74) is 3.43. The lowest BCUT2D eigenvalue weighted by Crippen LogP contribution is -2.50. The quantitative estimate of drug-likeness (QED) is 0.385. The highest BCUT2D eigenvalue weighted by Crippen LogP contribution is 2.64. The van der Waals surface area contributed by atoms with Gasteiger partial charge < -0.3 is 10.9 Å². The Bertz CT molecular complexity index is 540. The Hall–Kier alpha value is -0.830. The second kappa shape index (κ2) is 6.48. The normalized spacial score (nSPS) is 48.5. The maximum absolute atomic E-state index is 10.0. The summed E-state index contributed by atoms with van der Waals surface area (Å²) in [5.74, 6) is 8.04. The van der Waals surface area contributed by atoms with Gasteiger partial charge in [0.05, 0.1) is 6.10 Å². The van der Waals surface area contributed by atoms with Crippen LogP contribution >= 0.6 is 0 Å². The van der Waals surface area contributed by atoms with E-state index in [1.165, 1.54) is 37.8 Å². The highest BCUT2D eigenvalue weighted by Gasteiger charge is 2.57. The van der Waals surface area contributed by atoms with Crippen molar-refractivity contribution in [3.05, 3.63) is 11.6 Å². The number of aliphatic hydroxyl groups excluding tert-OH is 1. The molecule has 0 spiro atoms. The summed E-state index contributed by atoms with van der Waals surface area (Å²) in [4.78, 5) is 0. The highest BCUT2D eigenvalue weighted by molar-refractivity contribution is 5.92. The molecule has 3 N–H and O–H groups in total. The Morgan fingerprint density at radius 2 is 1.75 bits per heavy atom. The van der Waals surface area contributed by atoms with Crippen LogP contribution in [0.25, 0.3) is 0 Å². The molecule has 0 radical (unpaired) electrons. The number of hydrazone groups is 1. The van der Waals surface area contributed by atoms with Gasteiger partial charge in [0.25, 0.3) is 0 Å². The van der Waals surface area contributed by atoms with E-state index in [0.29, 0.717) is 5.41 Å². The number of hydrogen-bond acceptors (Lipinski definition) is 3. The fraction of sp³-hybridized carbons (Fsp3) is 0.857. The molecule has 0 heterocycles. The van der Waals surface area contributed by atoms with Crippen LogP contribution in [0.3, 0.4) is 0 Å². The van der Waals surface area contributed by atoms with Gasteiger partial charge in [-0.05, 0) is 74.5 Å². The monoisotopic (exact) mass is 332 g/mol. The smallest absolute Gasteiger partial charge is 0.0577 e. The van der Waals surface area contributed by atoms with Gasteiger partial charge in [-0.25, -0.2) is 0 Å². The molecule has 136 valence electrons. The number of allylic oxidation sites excluding steroid dienone is 1. The Balaban J connectivity index is 0.000000815. The van der Waals surface area contributed by atoms with Gasteiger partial charge in [0.1, 0.15) is 0 Å². The number of hydrogen-bond donors (Lipinski definition) is 2. The average Bonchev–Trinajstić information content (AvgIpc) is 2.93. The van der Waals surface area contributed by atoms with Crippen LogP contribution in [-0.2, 0) is 0 Å². The van der Waals surface area contributed by atoms with E-state index >= 15 is 0 Å². The average molecular weight is 333 g/mol. The summed E-state index contributed by atoms with van der Waals surface area (Å²) in [6, 6.07) is 0. The molecule has 4 rings (SSSR count). The highest BCUT2D eigenvalue weighted by atomic mass is 16.3. The van der Waals surface area contributed by atoms with E-state index in [9.17, 15) is 5.11 Å². The van der Waals surface area contributed by atoms with Gasteiger partial charge >= 0.3 is 0 Å². The maximum Gasteiger partial charge on any atom is 0.0577 e. The molecule has 0 aromatic heterocycles. The van der Waals surface area contributed by atoms with Crippen LogP contribution in [0, 0.1) is 28.6 Å². The third kappa shape index (κ3) is 2.46. The van der Waals surface area contributed by atoms with E-state index in [0.717, 1.165) is 37.0 Å². The van der Waals surface area contributed by atoms with Crippen LogP contribution in [0.1, 0.15) is 79.1 Å². The molecule has 0 bridgehead atoms. The van der Waals surface area contributed by atoms with E-state index in [1.54, 1.807) is 5.57 Å². The van der Waals surface area contributed by atoms with Gasteiger partial charge in [0.15, 0.2) is 0 Å². The standard InChI is InChI=1S/C19H30N2O.C2H6/c1-18-9-7-13(22)11-12(18)3-4-14-15-5-6-17(21-20)19(15,2)10-8-16(14)18;1-2/h3,13-16,22H,4-11,20H2,1-2H3;1-2H3/b21-17+;. The van der Waals surface area contributed by atoms with Crippen molar-refractivity contribution in [3.63, 3.8) is 0 Å². The third-order valence-electron chi connectivity index (χ3n) is 7.97. The molecule has 0 saturated heterocycles. The van der Waals surface area contributed by atoms with E-state index in [4.69, 9.17) is 5.84 Å². The van der Waals surface area contributed by atoms with Crippen LogP contribution in [0.15, 0.2) is 16.8 Å². The lowest BCUT2D eigenvalue weighted by molar-refractivity contribution is -0.0209. The predicted molar refractivity (Wildman–Crippen MR) is 101 cm³/mol. The largest absolute Gasteiger partial charge is 0.393 e. The fourth-order valence-electron chi connectivity index (χ4n) is 6.64. The van der Waals surface area contributed by atoms with Gasteiger partial charge in [0, 0.05) is 11.1 Å². The molecule has 4 aliphatic rings. The van der Waals surface area contributed by atoms with E-state index in [2.05, 4.69) is 25.0 Å². The molecular weight excluding hydrogens is 296 g/mol. The zero-order valence-electron chi connectivity index (χ0n) is 16.0. The molecule has 0 amide bonds. The number of rotatable bonds is 0. The Labute approximate surface area is 147 Å². The van der Waals surface area contributed by atoms with Gasteiger partial charge in [-0.15, -0.1) is 0 Å². The summed E-state index contributed by atoms with van der Waals surface area (Å²) >= 11 is 0. The van der Waals surface area contributed by atoms with Crippen LogP contribution in [0.4, 0.5) is 0 Å². The van der Waals surface area contributed by atoms with Crippen LogP contribution in [-0.4, -0.2) is 16.9 Å². The minimum absolute atomic E-state index is 0.104. The summed E-state index contributed by atoms with van der Waals surface area (Å²) in [5, 5.41) is 14.2. The molecule has 24 heavy (non-hydrogen) atoms. The Morgan fingerprint density at radius 1 is 1.08 bits per heavy atom. The minimum atomic E-state index is -0.104. The van der Waals surface area contributed by atoms with Crippen molar-refractivity contribution in [1.82, 2.24) is 0 Å². The van der Waals surface area contributed by atoms with Gasteiger partial charge in [0.2, 0.25) is 0 Å². The lowest BCUT2D eigenvalue weighted by atomic mass is 9.48. The Morgan fingerprint density at radius 3 is 2.46 bits per heavy atom. The molecule has 0 aromatic carbocycles. The second-order valence-corrected chi connectivity index (χ2v) is 8.73. The third-order valence-corrected chi connectivity index (χ3v) is 7.97. The first kappa shape index (κ1) is 18.0. The molecule has 0 aromatic rings. The first-order valence-electron chi connectivity index (χ1n) is 10.1. The minimum Gasteiger partial charge on any atom is -0.393 e.